The molecule has 0 bridgehead atoms. The van der Waals surface area contributed by atoms with E-state index in [0.29, 0.717) is 23.9 Å². The van der Waals surface area contributed by atoms with Gasteiger partial charge in [-0.15, -0.1) is 0 Å². The molecule has 2 amide bonds. The molecule has 38 heavy (non-hydrogen) atoms. The second-order valence-electron chi connectivity index (χ2n) is 9.44. The molecule has 0 fully saturated rings. The number of nitrogens with zero attached hydrogens (tertiary/aromatic N) is 3. The van der Waals surface area contributed by atoms with E-state index in [4.69, 9.17) is 9.84 Å². The van der Waals surface area contributed by atoms with Crippen molar-refractivity contribution in [3.05, 3.63) is 95.1 Å². The number of carbonyl (C=O) groups is 2. The topological polar surface area (TPSA) is 83.4 Å². The molecule has 0 spiro atoms. The maximum atomic E-state index is 12.8. The number of rotatable bonds is 7. The molecule has 5 rings (SSSR count). The van der Waals surface area contributed by atoms with Gasteiger partial charge in [-0.2, -0.15) is 10.1 Å². The second kappa shape index (κ2) is 11.2. The Morgan fingerprint density at radius 2 is 1.66 bits per heavy atom. The van der Waals surface area contributed by atoms with E-state index in [2.05, 4.69) is 72.7 Å². The van der Waals surface area contributed by atoms with Crippen LogP contribution in [0.2, 0.25) is 0 Å². The minimum atomic E-state index is -0.593. The molecule has 2 aliphatic rings. The number of hydrazone groups is 1. The van der Waals surface area contributed by atoms with E-state index in [-0.39, 0.29) is 24.3 Å². The Hall–Kier alpha value is -3.91. The van der Waals surface area contributed by atoms with Gasteiger partial charge in [-0.1, -0.05) is 71.4 Å². The van der Waals surface area contributed by atoms with Crippen molar-refractivity contribution >= 4 is 40.1 Å². The van der Waals surface area contributed by atoms with Gasteiger partial charge in [0.2, 0.25) is 5.91 Å². The highest BCUT2D eigenvalue weighted by Gasteiger charge is 2.39. The van der Waals surface area contributed by atoms with Crippen LogP contribution >= 0.6 is 11.8 Å². The first kappa shape index (κ1) is 25.7. The van der Waals surface area contributed by atoms with Gasteiger partial charge >= 0.3 is 0 Å². The van der Waals surface area contributed by atoms with E-state index in [1.807, 2.05) is 11.9 Å². The number of hydrogen-bond donors (Lipinski definition) is 1. The first-order valence-corrected chi connectivity index (χ1v) is 13.6. The van der Waals surface area contributed by atoms with Crippen LogP contribution in [0.15, 0.2) is 82.9 Å². The van der Waals surface area contributed by atoms with E-state index in [0.717, 1.165) is 22.6 Å². The fourth-order valence-corrected chi connectivity index (χ4v) is 5.50. The Morgan fingerprint density at radius 1 is 1.00 bits per heavy atom. The van der Waals surface area contributed by atoms with Crippen LogP contribution in [0.1, 0.15) is 48.1 Å². The fraction of sp³-hybridized carbons (Fsp3) is 0.267. The molecule has 8 heteroatoms. The normalized spacial score (nSPS) is 18.8. The van der Waals surface area contributed by atoms with Gasteiger partial charge in [-0.05, 0) is 56.2 Å². The molecule has 2 aliphatic heterocycles. The Kier molecular flexibility index (Phi) is 7.60. The number of aliphatic imine (C=N–C) groups is 1. The predicted octanol–water partition coefficient (Wildman–Crippen LogP) is 5.88. The summed E-state index contributed by atoms with van der Waals surface area (Å²) in [5.41, 5.74) is 6.13. The van der Waals surface area contributed by atoms with Crippen LogP contribution in [0.4, 0.5) is 5.69 Å². The van der Waals surface area contributed by atoms with Crippen molar-refractivity contribution in [1.29, 1.82) is 0 Å². The van der Waals surface area contributed by atoms with Crippen LogP contribution in [0.5, 0.6) is 5.75 Å². The number of carbonyl (C=O) groups excluding carboxylic acids is 2. The molecule has 2 unspecified atom stereocenters. The third kappa shape index (κ3) is 5.81. The zero-order chi connectivity index (χ0) is 26.6. The number of nitrogens with one attached hydrogen (secondary N) is 1. The summed E-state index contributed by atoms with van der Waals surface area (Å²) < 4.78 is 5.44. The number of benzene rings is 3. The number of ether oxygens (including phenoxy) is 1. The Balaban J connectivity index is 1.31. The molecule has 0 radical (unpaired) electrons. The molecule has 0 saturated carbocycles. The number of thioether (sulfide) groups is 1. The third-order valence-electron chi connectivity index (χ3n) is 6.50. The number of anilines is 1. The molecule has 3 aromatic carbocycles. The molecular weight excluding hydrogens is 496 g/mol. The van der Waals surface area contributed by atoms with Gasteiger partial charge < -0.3 is 10.1 Å². The number of hydrogen-bond acceptors (Lipinski definition) is 6. The number of amides is 2. The lowest BCUT2D eigenvalue weighted by molar-refractivity contribution is -0.121. The molecule has 2 atom stereocenters. The van der Waals surface area contributed by atoms with Gasteiger partial charge in [-0.3, -0.25) is 9.59 Å². The quantitative estimate of drug-likeness (QED) is 0.416. The minimum absolute atomic E-state index is 0.0291. The van der Waals surface area contributed by atoms with E-state index < -0.39 is 5.25 Å². The lowest BCUT2D eigenvalue weighted by Gasteiger charge is -2.23. The second-order valence-corrected chi connectivity index (χ2v) is 10.6. The lowest BCUT2D eigenvalue weighted by Crippen LogP contribution is -2.25. The van der Waals surface area contributed by atoms with Crippen LogP contribution in [-0.2, 0) is 9.59 Å². The van der Waals surface area contributed by atoms with Gasteiger partial charge in [0, 0.05) is 18.5 Å². The Morgan fingerprint density at radius 3 is 2.32 bits per heavy atom. The molecule has 0 aliphatic carbocycles. The predicted molar refractivity (Wildman–Crippen MR) is 153 cm³/mol. The maximum Gasteiger partial charge on any atom is 0.262 e. The van der Waals surface area contributed by atoms with E-state index >= 15 is 0 Å². The average molecular weight is 527 g/mol. The summed E-state index contributed by atoms with van der Waals surface area (Å²) in [6, 6.07) is 23.8. The van der Waals surface area contributed by atoms with Crippen molar-refractivity contribution in [2.24, 2.45) is 10.1 Å². The Labute approximate surface area is 227 Å². The van der Waals surface area contributed by atoms with E-state index in [1.54, 1.807) is 24.3 Å². The van der Waals surface area contributed by atoms with Crippen LogP contribution in [0, 0.1) is 13.8 Å². The highest BCUT2D eigenvalue weighted by Crippen LogP contribution is 2.38. The average Bonchev–Trinajstić information content (AvgIpc) is 3.50. The zero-order valence-corrected chi connectivity index (χ0v) is 22.5. The van der Waals surface area contributed by atoms with Gasteiger partial charge in [0.25, 0.3) is 5.91 Å². The summed E-state index contributed by atoms with van der Waals surface area (Å²) in [6.07, 6.45) is 0.726. The van der Waals surface area contributed by atoms with Gasteiger partial charge in [0.15, 0.2) is 5.17 Å². The number of aryl methyl sites for hydroxylation is 2. The standard InChI is InChI=1S/C30H30N4O3S/c1-4-37-24-15-13-23(14-16-24)31-28(35)18-27-29(36)32-30(38-27)34-26(22-11-7-20(3)8-12-22)17-25(33-34)21-9-5-19(2)6-10-21/h5-16,26-27H,4,17-18H2,1-3H3,(H,31,35). The van der Waals surface area contributed by atoms with Crippen LogP contribution in [0.25, 0.3) is 0 Å². The molecule has 3 aromatic rings. The zero-order valence-electron chi connectivity index (χ0n) is 21.7. The van der Waals surface area contributed by atoms with Crippen molar-refractivity contribution in [3.8, 4) is 5.75 Å². The summed E-state index contributed by atoms with van der Waals surface area (Å²) >= 11 is 1.30. The van der Waals surface area contributed by atoms with Gasteiger partial charge in [0.1, 0.15) is 11.0 Å². The van der Waals surface area contributed by atoms with Gasteiger partial charge in [0.05, 0.1) is 18.4 Å². The summed E-state index contributed by atoms with van der Waals surface area (Å²) in [5.74, 6) is 0.190. The van der Waals surface area contributed by atoms with Crippen molar-refractivity contribution in [3.63, 3.8) is 0 Å². The summed E-state index contributed by atoms with van der Waals surface area (Å²) in [5, 5.41) is 9.58. The van der Waals surface area contributed by atoms with Gasteiger partial charge in [-0.25, -0.2) is 5.01 Å². The number of amidine groups is 1. The highest BCUT2D eigenvalue weighted by atomic mass is 32.2. The summed E-state index contributed by atoms with van der Waals surface area (Å²) in [6.45, 7) is 6.61. The van der Waals surface area contributed by atoms with Crippen molar-refractivity contribution in [2.75, 3.05) is 11.9 Å². The Bertz CT molecular complexity index is 1380. The summed E-state index contributed by atoms with van der Waals surface area (Å²) in [4.78, 5) is 29.9. The SMILES string of the molecule is CCOc1ccc(NC(=O)CC2SC(N3N=C(c4ccc(C)cc4)CC3c3ccc(C)cc3)=NC2=O)cc1. The maximum absolute atomic E-state index is 12.8. The van der Waals surface area contributed by atoms with Crippen LogP contribution in [0.3, 0.4) is 0 Å². The molecule has 1 N–H and O–H groups in total. The molecule has 194 valence electrons. The van der Waals surface area contributed by atoms with E-state index in [9.17, 15) is 9.59 Å². The molecule has 0 aromatic heterocycles. The molecule has 2 heterocycles. The first-order valence-electron chi connectivity index (χ1n) is 12.7. The van der Waals surface area contributed by atoms with E-state index in [1.165, 1.54) is 22.9 Å². The highest BCUT2D eigenvalue weighted by molar-refractivity contribution is 8.15. The van der Waals surface area contributed by atoms with Crippen LogP contribution < -0.4 is 10.1 Å². The largest absolute Gasteiger partial charge is 0.494 e. The monoisotopic (exact) mass is 526 g/mol. The van der Waals surface area contributed by atoms with Crippen LogP contribution in [-0.4, -0.2) is 39.6 Å². The first-order chi connectivity index (χ1) is 18.4. The van der Waals surface area contributed by atoms with Crippen molar-refractivity contribution in [2.45, 2.75) is 44.9 Å². The molecule has 7 nitrogen and oxygen atoms in total. The van der Waals surface area contributed by atoms with Crippen molar-refractivity contribution in [1.82, 2.24) is 5.01 Å². The lowest BCUT2D eigenvalue weighted by atomic mass is 9.97. The smallest absolute Gasteiger partial charge is 0.262 e. The third-order valence-corrected chi connectivity index (χ3v) is 7.64. The molecule has 0 saturated heterocycles. The summed E-state index contributed by atoms with van der Waals surface area (Å²) in [7, 11) is 0. The molecular formula is C30H30N4O3S. The minimum Gasteiger partial charge on any atom is -0.494 e. The van der Waals surface area contributed by atoms with Crippen molar-refractivity contribution < 1.29 is 14.3 Å². The fourth-order valence-electron chi connectivity index (χ4n) is 4.44.